The summed E-state index contributed by atoms with van der Waals surface area (Å²) in [7, 11) is -3.79. The first-order valence-electron chi connectivity index (χ1n) is 9.43. The van der Waals surface area contributed by atoms with Crippen molar-refractivity contribution < 1.29 is 22.7 Å². The molecular formula is C22H20ClN3O5S. The van der Waals surface area contributed by atoms with Gasteiger partial charge < -0.3 is 10.1 Å². The molecule has 0 aliphatic carbocycles. The van der Waals surface area contributed by atoms with Crippen molar-refractivity contribution in [3.63, 3.8) is 0 Å². The van der Waals surface area contributed by atoms with Crippen LogP contribution in [0.3, 0.4) is 0 Å². The second kappa shape index (κ2) is 9.80. The fourth-order valence-corrected chi connectivity index (χ4v) is 4.32. The predicted octanol–water partition coefficient (Wildman–Crippen LogP) is 3.95. The van der Waals surface area contributed by atoms with Crippen molar-refractivity contribution >= 4 is 44.9 Å². The van der Waals surface area contributed by atoms with Crippen molar-refractivity contribution in [1.29, 1.82) is 0 Å². The summed E-state index contributed by atoms with van der Waals surface area (Å²) >= 11 is 5.86. The van der Waals surface area contributed by atoms with Gasteiger partial charge in [0.25, 0.3) is 15.9 Å². The van der Waals surface area contributed by atoms with E-state index in [1.807, 2.05) is 13.0 Å². The lowest BCUT2D eigenvalue weighted by Gasteiger charge is -2.12. The highest BCUT2D eigenvalue weighted by molar-refractivity contribution is 7.92. The van der Waals surface area contributed by atoms with Gasteiger partial charge in [-0.05, 0) is 67.4 Å². The second-order valence-corrected chi connectivity index (χ2v) is 8.93. The molecule has 1 heterocycles. The number of nitrogens with zero attached hydrogens (tertiary/aromatic N) is 1. The quantitative estimate of drug-likeness (QED) is 0.396. The van der Waals surface area contributed by atoms with E-state index in [2.05, 4.69) is 15.0 Å². The summed E-state index contributed by atoms with van der Waals surface area (Å²) in [4.78, 5) is 28.1. The van der Waals surface area contributed by atoms with Crippen LogP contribution in [0.1, 0.15) is 21.5 Å². The summed E-state index contributed by atoms with van der Waals surface area (Å²) in [6, 6.07) is 14.0. The molecule has 8 nitrogen and oxygen atoms in total. The SMILES string of the molecule is Cc1ccc(C)c(S(=O)(=O)Nc2ccc(C(=O)OCC(=O)Nc3cccnc3Cl)cc2)c1. The minimum Gasteiger partial charge on any atom is -0.452 e. The largest absolute Gasteiger partial charge is 0.452 e. The molecule has 0 saturated carbocycles. The Balaban J connectivity index is 1.60. The number of esters is 1. The topological polar surface area (TPSA) is 114 Å². The summed E-state index contributed by atoms with van der Waals surface area (Å²) in [5.74, 6) is -1.31. The van der Waals surface area contributed by atoms with Gasteiger partial charge in [0.2, 0.25) is 0 Å². The monoisotopic (exact) mass is 473 g/mol. The lowest BCUT2D eigenvalue weighted by atomic mass is 10.2. The fraction of sp³-hybridized carbons (Fsp3) is 0.136. The van der Waals surface area contributed by atoms with E-state index in [1.54, 1.807) is 31.2 Å². The lowest BCUT2D eigenvalue weighted by Crippen LogP contribution is -2.21. The third-order valence-corrected chi connectivity index (χ3v) is 6.20. The van der Waals surface area contributed by atoms with E-state index < -0.39 is 28.5 Å². The Labute approximate surface area is 190 Å². The first-order valence-corrected chi connectivity index (χ1v) is 11.3. The second-order valence-electron chi connectivity index (χ2n) is 6.92. The number of sulfonamides is 1. The van der Waals surface area contributed by atoms with Crippen LogP contribution in [0.5, 0.6) is 0 Å². The van der Waals surface area contributed by atoms with Crippen molar-refractivity contribution in [3.05, 3.63) is 82.6 Å². The number of rotatable bonds is 7. The number of carbonyl (C=O) groups excluding carboxylic acids is 2. The molecule has 2 aromatic carbocycles. The van der Waals surface area contributed by atoms with Crippen LogP contribution in [0.25, 0.3) is 0 Å². The minimum atomic E-state index is -3.79. The van der Waals surface area contributed by atoms with Crippen molar-refractivity contribution in [3.8, 4) is 0 Å². The first kappa shape index (κ1) is 23.2. The Morgan fingerprint density at radius 1 is 1.06 bits per heavy atom. The summed E-state index contributed by atoms with van der Waals surface area (Å²) in [5, 5.41) is 2.61. The molecule has 0 unspecified atom stereocenters. The molecular weight excluding hydrogens is 454 g/mol. The Bertz CT molecular complexity index is 1260. The fourth-order valence-electron chi connectivity index (χ4n) is 2.76. The highest BCUT2D eigenvalue weighted by Gasteiger charge is 2.18. The maximum Gasteiger partial charge on any atom is 0.338 e. The zero-order valence-corrected chi connectivity index (χ0v) is 18.8. The van der Waals surface area contributed by atoms with Crippen molar-refractivity contribution in [2.24, 2.45) is 0 Å². The maximum atomic E-state index is 12.7. The van der Waals surface area contributed by atoms with Gasteiger partial charge in [-0.25, -0.2) is 18.2 Å². The van der Waals surface area contributed by atoms with Crippen molar-refractivity contribution in [2.45, 2.75) is 18.7 Å². The number of nitrogens with one attached hydrogen (secondary N) is 2. The standard InChI is InChI=1S/C22H20ClN3O5S/c1-14-5-6-15(2)19(12-14)32(29,30)26-17-9-7-16(8-10-17)22(28)31-13-20(27)25-18-4-3-11-24-21(18)23/h3-12,26H,13H2,1-2H3,(H,25,27). The Hall–Kier alpha value is -3.43. The summed E-state index contributed by atoms with van der Waals surface area (Å²) in [6.45, 7) is 3.00. The highest BCUT2D eigenvalue weighted by atomic mass is 35.5. The van der Waals surface area contributed by atoms with Gasteiger partial charge in [-0.1, -0.05) is 23.7 Å². The number of amides is 1. The number of halogens is 1. The van der Waals surface area contributed by atoms with Crippen molar-refractivity contribution in [1.82, 2.24) is 4.98 Å². The molecule has 32 heavy (non-hydrogen) atoms. The molecule has 2 N–H and O–H groups in total. The van der Waals surface area contributed by atoms with Crippen LogP contribution in [0.4, 0.5) is 11.4 Å². The third kappa shape index (κ3) is 5.83. The van der Waals surface area contributed by atoms with Gasteiger partial charge in [0.1, 0.15) is 0 Å². The number of aromatic nitrogens is 1. The number of aryl methyl sites for hydroxylation is 2. The molecule has 0 fully saturated rings. The molecule has 3 rings (SSSR count). The number of hydrogen-bond acceptors (Lipinski definition) is 6. The summed E-state index contributed by atoms with van der Waals surface area (Å²) in [6.07, 6.45) is 1.48. The average molecular weight is 474 g/mol. The van der Waals surface area contributed by atoms with E-state index in [1.165, 1.54) is 30.5 Å². The number of benzene rings is 2. The van der Waals surface area contributed by atoms with E-state index in [4.69, 9.17) is 16.3 Å². The van der Waals surface area contributed by atoms with Crippen LogP contribution in [-0.2, 0) is 19.6 Å². The molecule has 0 atom stereocenters. The number of carbonyl (C=O) groups is 2. The zero-order chi connectivity index (χ0) is 23.3. The number of ether oxygens (including phenoxy) is 1. The molecule has 0 spiro atoms. The predicted molar refractivity (Wildman–Crippen MR) is 121 cm³/mol. The van der Waals surface area contributed by atoms with Gasteiger partial charge in [-0.3, -0.25) is 9.52 Å². The zero-order valence-electron chi connectivity index (χ0n) is 17.3. The molecule has 3 aromatic rings. The lowest BCUT2D eigenvalue weighted by molar-refractivity contribution is -0.119. The van der Waals surface area contributed by atoms with Crippen LogP contribution >= 0.6 is 11.6 Å². The molecule has 166 valence electrons. The normalized spacial score (nSPS) is 11.0. The van der Waals surface area contributed by atoms with E-state index in [-0.39, 0.29) is 21.3 Å². The van der Waals surface area contributed by atoms with Gasteiger partial charge in [-0.15, -0.1) is 0 Å². The molecule has 1 aromatic heterocycles. The van der Waals surface area contributed by atoms with Crippen molar-refractivity contribution in [2.75, 3.05) is 16.6 Å². The Morgan fingerprint density at radius 3 is 2.47 bits per heavy atom. The molecule has 0 bridgehead atoms. The van der Waals surface area contributed by atoms with Crippen LogP contribution in [0, 0.1) is 13.8 Å². The van der Waals surface area contributed by atoms with Gasteiger partial charge in [-0.2, -0.15) is 0 Å². The van der Waals surface area contributed by atoms with Crippen LogP contribution in [0.2, 0.25) is 5.15 Å². The van der Waals surface area contributed by atoms with Gasteiger partial charge in [0.05, 0.1) is 16.1 Å². The van der Waals surface area contributed by atoms with Gasteiger partial charge in [0.15, 0.2) is 11.8 Å². The molecule has 0 radical (unpaired) electrons. The van der Waals surface area contributed by atoms with Gasteiger partial charge in [0, 0.05) is 11.9 Å². The van der Waals surface area contributed by atoms with E-state index >= 15 is 0 Å². The molecule has 0 aliphatic heterocycles. The first-order chi connectivity index (χ1) is 15.2. The molecule has 10 heteroatoms. The molecule has 0 saturated heterocycles. The van der Waals surface area contributed by atoms with E-state index in [9.17, 15) is 18.0 Å². The van der Waals surface area contributed by atoms with E-state index in [0.717, 1.165) is 5.56 Å². The van der Waals surface area contributed by atoms with Crippen LogP contribution < -0.4 is 10.0 Å². The van der Waals surface area contributed by atoms with Crippen LogP contribution in [-0.4, -0.2) is 31.9 Å². The maximum absolute atomic E-state index is 12.7. The van der Waals surface area contributed by atoms with Gasteiger partial charge >= 0.3 is 5.97 Å². The Kier molecular flexibility index (Phi) is 7.12. The number of hydrogen-bond donors (Lipinski definition) is 2. The number of anilines is 2. The number of pyridine rings is 1. The smallest absolute Gasteiger partial charge is 0.338 e. The Morgan fingerprint density at radius 2 is 1.78 bits per heavy atom. The molecule has 0 aliphatic rings. The third-order valence-electron chi connectivity index (χ3n) is 4.37. The minimum absolute atomic E-state index is 0.117. The molecule has 1 amide bonds. The van der Waals surface area contributed by atoms with E-state index in [0.29, 0.717) is 11.3 Å². The highest BCUT2D eigenvalue weighted by Crippen LogP contribution is 2.21. The average Bonchev–Trinajstić information content (AvgIpc) is 2.75. The summed E-state index contributed by atoms with van der Waals surface area (Å²) < 4.78 is 32.8. The van der Waals surface area contributed by atoms with Crippen LogP contribution in [0.15, 0.2) is 65.7 Å². The summed E-state index contributed by atoms with van der Waals surface area (Å²) in [5.41, 5.74) is 2.19.